The molecule has 1 N–H and O–H groups in total. The monoisotopic (exact) mass is 369 g/mol. The summed E-state index contributed by atoms with van der Waals surface area (Å²) in [5.41, 5.74) is 1.79. The molecule has 0 aliphatic heterocycles. The number of hydrogen-bond donors (Lipinski definition) is 1. The molecule has 1 aliphatic rings. The second-order valence-corrected chi connectivity index (χ2v) is 7.06. The van der Waals surface area contributed by atoms with Crippen LogP contribution in [0.3, 0.4) is 0 Å². The molecule has 1 aromatic heterocycles. The first-order valence-electron chi connectivity index (χ1n) is 9.54. The fourth-order valence-corrected chi connectivity index (χ4v) is 3.59. The van der Waals surface area contributed by atoms with Crippen LogP contribution in [0.1, 0.15) is 72.1 Å². The van der Waals surface area contributed by atoms with Crippen LogP contribution < -0.4 is 5.32 Å². The third-order valence-electron chi connectivity index (χ3n) is 5.28. The fourth-order valence-electron chi connectivity index (χ4n) is 3.59. The molecule has 6 heteroatoms. The van der Waals surface area contributed by atoms with Gasteiger partial charge in [-0.25, -0.2) is 0 Å². The van der Waals surface area contributed by atoms with Gasteiger partial charge >= 0.3 is 0 Å². The van der Waals surface area contributed by atoms with Crippen LogP contribution in [0.4, 0.5) is 0 Å². The van der Waals surface area contributed by atoms with Gasteiger partial charge in [-0.1, -0.05) is 37.3 Å². The molecular weight excluding hydrogens is 342 g/mol. The summed E-state index contributed by atoms with van der Waals surface area (Å²) < 4.78 is 7.05. The van der Waals surface area contributed by atoms with Gasteiger partial charge in [0.25, 0.3) is 5.91 Å². The number of carbonyl (C=O) groups is 2. The number of aromatic nitrogens is 2. The van der Waals surface area contributed by atoms with E-state index < -0.39 is 0 Å². The summed E-state index contributed by atoms with van der Waals surface area (Å²) in [6, 6.07) is 11.4. The van der Waals surface area contributed by atoms with Crippen molar-refractivity contribution < 1.29 is 14.3 Å². The number of carbonyl (C=O) groups excluding carboxylic acids is 2. The Bertz CT molecular complexity index is 800. The Labute approximate surface area is 159 Å². The van der Waals surface area contributed by atoms with E-state index in [9.17, 15) is 9.59 Å². The summed E-state index contributed by atoms with van der Waals surface area (Å²) in [5.74, 6) is -0.259. The number of amides is 1. The Hall–Kier alpha value is -2.47. The van der Waals surface area contributed by atoms with Crippen LogP contribution in [-0.2, 0) is 4.74 Å². The summed E-state index contributed by atoms with van der Waals surface area (Å²) in [6.07, 6.45) is 3.20. The third kappa shape index (κ3) is 4.27. The first-order valence-corrected chi connectivity index (χ1v) is 9.54. The van der Waals surface area contributed by atoms with E-state index in [-0.39, 0.29) is 29.9 Å². The molecule has 1 saturated carbocycles. The zero-order valence-electron chi connectivity index (χ0n) is 16.1. The minimum absolute atomic E-state index is 0.0663. The van der Waals surface area contributed by atoms with Gasteiger partial charge < -0.3 is 10.1 Å². The molecule has 1 amide bonds. The summed E-state index contributed by atoms with van der Waals surface area (Å²) in [6.45, 7) is 3.78. The van der Waals surface area contributed by atoms with E-state index >= 15 is 0 Å². The fraction of sp³-hybridized carbons (Fsp3) is 0.476. The highest BCUT2D eigenvalue weighted by molar-refractivity contribution is 5.98. The Balaban J connectivity index is 1.87. The molecule has 0 saturated heterocycles. The smallest absolute Gasteiger partial charge is 0.269 e. The Morgan fingerprint density at radius 1 is 1.30 bits per heavy atom. The lowest BCUT2D eigenvalue weighted by molar-refractivity contribution is 0.0903. The van der Waals surface area contributed by atoms with Crippen LogP contribution >= 0.6 is 0 Å². The van der Waals surface area contributed by atoms with Crippen LogP contribution in [0.2, 0.25) is 0 Å². The van der Waals surface area contributed by atoms with Gasteiger partial charge in [0, 0.05) is 25.6 Å². The number of benzene rings is 1. The van der Waals surface area contributed by atoms with Gasteiger partial charge in [0.1, 0.15) is 11.4 Å². The largest absolute Gasteiger partial charge is 0.381 e. The van der Waals surface area contributed by atoms with Gasteiger partial charge in [-0.15, -0.1) is 0 Å². The number of ketones is 1. The van der Waals surface area contributed by atoms with Crippen molar-refractivity contribution >= 4 is 11.7 Å². The van der Waals surface area contributed by atoms with E-state index in [2.05, 4.69) is 10.4 Å². The maximum absolute atomic E-state index is 13.0. The highest BCUT2D eigenvalue weighted by Crippen LogP contribution is 2.24. The normalized spacial score (nSPS) is 20.4. The Kier molecular flexibility index (Phi) is 6.06. The van der Waals surface area contributed by atoms with Gasteiger partial charge in [0.15, 0.2) is 5.78 Å². The number of Topliss-reactive ketones (excluding diaryl/α,β-unsaturated/α-hetero) is 1. The van der Waals surface area contributed by atoms with Gasteiger partial charge in [-0.3, -0.25) is 14.3 Å². The third-order valence-corrected chi connectivity index (χ3v) is 5.28. The predicted octanol–water partition coefficient (Wildman–Crippen LogP) is 3.38. The molecule has 2 aromatic rings. The Morgan fingerprint density at radius 3 is 2.67 bits per heavy atom. The highest BCUT2D eigenvalue weighted by Gasteiger charge is 2.28. The lowest BCUT2D eigenvalue weighted by atomic mass is 10.1. The van der Waals surface area contributed by atoms with Crippen molar-refractivity contribution in [1.29, 1.82) is 0 Å². The highest BCUT2D eigenvalue weighted by atomic mass is 16.5. The van der Waals surface area contributed by atoms with E-state index in [0.717, 1.165) is 24.8 Å². The molecule has 0 unspecified atom stereocenters. The molecule has 27 heavy (non-hydrogen) atoms. The molecule has 144 valence electrons. The van der Waals surface area contributed by atoms with Gasteiger partial charge in [0.2, 0.25) is 0 Å². The number of ether oxygens (including phenoxy) is 1. The maximum Gasteiger partial charge on any atom is 0.269 e. The molecule has 1 aromatic carbocycles. The quantitative estimate of drug-likeness (QED) is 0.760. The molecule has 1 fully saturated rings. The molecule has 6 nitrogen and oxygen atoms in total. The molecule has 3 rings (SSSR count). The second kappa shape index (κ2) is 8.48. The number of nitrogens with zero attached hydrogens (tertiary/aromatic N) is 2. The average molecular weight is 369 g/mol. The summed E-state index contributed by atoms with van der Waals surface area (Å²) >= 11 is 0. The van der Waals surface area contributed by atoms with E-state index in [4.69, 9.17) is 4.74 Å². The van der Waals surface area contributed by atoms with Crippen LogP contribution in [-0.4, -0.2) is 40.7 Å². The first kappa shape index (κ1) is 19.3. The van der Waals surface area contributed by atoms with Crippen LogP contribution in [0.5, 0.6) is 0 Å². The molecule has 3 atom stereocenters. The van der Waals surface area contributed by atoms with Crippen molar-refractivity contribution in [3.63, 3.8) is 0 Å². The number of rotatable bonds is 7. The summed E-state index contributed by atoms with van der Waals surface area (Å²) in [7, 11) is 1.70. The van der Waals surface area contributed by atoms with Crippen LogP contribution in [0, 0.1) is 0 Å². The number of methoxy groups -OCH3 is 1. The zero-order chi connectivity index (χ0) is 19.4. The van der Waals surface area contributed by atoms with E-state index in [1.54, 1.807) is 24.8 Å². The standard InChI is InChI=1S/C21H27N3O3/c1-4-20(25)18-13-19(21(26)22-16-10-11-17(12-16)27-3)24(23-18)14(2)15-8-6-5-7-9-15/h5-9,13-14,16-17H,4,10-12H2,1-3H3,(H,22,26)/t14-,16+,17+/m0/s1. The predicted molar refractivity (Wildman–Crippen MR) is 103 cm³/mol. The lowest BCUT2D eigenvalue weighted by Gasteiger charge is -2.18. The van der Waals surface area contributed by atoms with E-state index in [1.165, 1.54) is 0 Å². The molecule has 1 aliphatic carbocycles. The molecule has 1 heterocycles. The summed E-state index contributed by atoms with van der Waals surface area (Å²) in [4.78, 5) is 25.1. The van der Waals surface area contributed by atoms with Crippen molar-refractivity contribution in [2.75, 3.05) is 7.11 Å². The second-order valence-electron chi connectivity index (χ2n) is 7.06. The SMILES string of the molecule is CCC(=O)c1cc(C(=O)N[C@@H]2CC[C@@H](OC)C2)n([C@@H](C)c2ccccc2)n1. The topological polar surface area (TPSA) is 73.2 Å². The van der Waals surface area contributed by atoms with Crippen LogP contribution in [0.15, 0.2) is 36.4 Å². The van der Waals surface area contributed by atoms with Crippen molar-refractivity contribution in [3.05, 3.63) is 53.3 Å². The molecule has 0 spiro atoms. The minimum Gasteiger partial charge on any atom is -0.381 e. The van der Waals surface area contributed by atoms with Gasteiger partial charge in [-0.2, -0.15) is 5.10 Å². The van der Waals surface area contributed by atoms with E-state index in [0.29, 0.717) is 17.8 Å². The molecule has 0 bridgehead atoms. The van der Waals surface area contributed by atoms with Crippen molar-refractivity contribution in [2.45, 2.75) is 57.7 Å². The van der Waals surface area contributed by atoms with Crippen LogP contribution in [0.25, 0.3) is 0 Å². The lowest BCUT2D eigenvalue weighted by Crippen LogP contribution is -2.35. The average Bonchev–Trinajstić information content (AvgIpc) is 3.34. The zero-order valence-corrected chi connectivity index (χ0v) is 16.1. The molecule has 0 radical (unpaired) electrons. The van der Waals surface area contributed by atoms with Crippen molar-refractivity contribution in [1.82, 2.24) is 15.1 Å². The van der Waals surface area contributed by atoms with E-state index in [1.807, 2.05) is 37.3 Å². The van der Waals surface area contributed by atoms with Gasteiger partial charge in [-0.05, 0) is 31.7 Å². The van der Waals surface area contributed by atoms with Gasteiger partial charge in [0.05, 0.1) is 12.1 Å². The maximum atomic E-state index is 13.0. The van der Waals surface area contributed by atoms with Crippen molar-refractivity contribution in [2.24, 2.45) is 0 Å². The minimum atomic E-state index is -0.192. The first-order chi connectivity index (χ1) is 13.0. The Morgan fingerprint density at radius 2 is 2.04 bits per heavy atom. The van der Waals surface area contributed by atoms with Crippen molar-refractivity contribution in [3.8, 4) is 0 Å². The number of hydrogen-bond acceptors (Lipinski definition) is 4. The molecular formula is C21H27N3O3. The number of nitrogens with one attached hydrogen (secondary N) is 1. The summed E-state index contributed by atoms with van der Waals surface area (Å²) in [5, 5.41) is 7.55.